The molecule has 2 fully saturated rings. The molecule has 1 saturated carbocycles. The van der Waals surface area contributed by atoms with Gasteiger partial charge in [-0.2, -0.15) is 0 Å². The number of ketones is 1. The maximum Gasteiger partial charge on any atom is 0.169 e. The second-order valence-electron chi connectivity index (χ2n) is 8.58. The Bertz CT molecular complexity index is 804. The lowest BCUT2D eigenvalue weighted by Gasteiger charge is -2.43. The Morgan fingerprint density at radius 1 is 0.923 bits per heavy atom. The van der Waals surface area contributed by atoms with Gasteiger partial charge in [0.2, 0.25) is 0 Å². The lowest BCUT2D eigenvalue weighted by molar-refractivity contribution is 0.0533. The van der Waals surface area contributed by atoms with E-state index in [1.54, 1.807) is 0 Å². The summed E-state index contributed by atoms with van der Waals surface area (Å²) in [5.74, 6) is 2.00. The molecule has 5 rings (SSSR count). The number of nitrogens with zero attached hydrogens (tertiary/aromatic N) is 1. The van der Waals surface area contributed by atoms with Crippen molar-refractivity contribution in [3.8, 4) is 0 Å². The summed E-state index contributed by atoms with van der Waals surface area (Å²) in [5.41, 5.74) is 3.69. The van der Waals surface area contributed by atoms with Crippen molar-refractivity contribution in [2.24, 2.45) is 11.3 Å². The van der Waals surface area contributed by atoms with Crippen molar-refractivity contribution in [2.45, 2.75) is 38.0 Å². The molecule has 0 radical (unpaired) electrons. The van der Waals surface area contributed by atoms with Crippen molar-refractivity contribution < 1.29 is 4.79 Å². The van der Waals surface area contributed by atoms with E-state index in [4.69, 9.17) is 0 Å². The van der Waals surface area contributed by atoms with Crippen molar-refractivity contribution >= 4 is 5.78 Å². The Morgan fingerprint density at radius 3 is 2.46 bits per heavy atom. The molecule has 1 saturated heterocycles. The number of piperidine rings is 1. The molecule has 3 aliphatic rings. The minimum absolute atomic E-state index is 0.0762. The van der Waals surface area contributed by atoms with Crippen LogP contribution in [-0.4, -0.2) is 30.3 Å². The van der Waals surface area contributed by atoms with E-state index in [2.05, 4.69) is 47.4 Å². The lowest BCUT2D eigenvalue weighted by atomic mass is 9.65. The summed E-state index contributed by atoms with van der Waals surface area (Å²) in [6, 6.07) is 19.2. The van der Waals surface area contributed by atoms with Crippen LogP contribution >= 0.6 is 0 Å². The average Bonchev–Trinajstić information content (AvgIpc) is 3.47. The molecule has 2 aliphatic carbocycles. The highest BCUT2D eigenvalue weighted by molar-refractivity contribution is 6.02. The zero-order valence-electron chi connectivity index (χ0n) is 15.4. The smallest absolute Gasteiger partial charge is 0.169 e. The fourth-order valence-corrected chi connectivity index (χ4v) is 5.26. The van der Waals surface area contributed by atoms with Gasteiger partial charge in [0.05, 0.1) is 0 Å². The van der Waals surface area contributed by atoms with Gasteiger partial charge in [-0.05, 0) is 68.2 Å². The summed E-state index contributed by atoms with van der Waals surface area (Å²) in [4.78, 5) is 15.8. The molecular weight excluding hydrogens is 318 g/mol. The van der Waals surface area contributed by atoms with Gasteiger partial charge in [0, 0.05) is 17.5 Å². The van der Waals surface area contributed by atoms with Crippen molar-refractivity contribution in [3.63, 3.8) is 0 Å². The van der Waals surface area contributed by atoms with Crippen LogP contribution in [0.4, 0.5) is 0 Å². The minimum Gasteiger partial charge on any atom is -0.303 e. The normalized spacial score (nSPS) is 27.3. The minimum atomic E-state index is -0.0762. The number of likely N-dealkylation sites (tertiary alicyclic amines) is 1. The molecule has 134 valence electrons. The number of hydrogen-bond acceptors (Lipinski definition) is 2. The third-order valence-electron chi connectivity index (χ3n) is 7.07. The summed E-state index contributed by atoms with van der Waals surface area (Å²) in [7, 11) is 0. The van der Waals surface area contributed by atoms with Crippen molar-refractivity contribution in [1.82, 2.24) is 4.90 Å². The van der Waals surface area contributed by atoms with Gasteiger partial charge in [-0.25, -0.2) is 0 Å². The molecule has 2 aromatic carbocycles. The molecule has 2 aromatic rings. The number of Topliss-reactive ketones (excluding diaryl/α,β-unsaturated/α-hetero) is 1. The molecule has 0 amide bonds. The SMILES string of the molecule is O=C1c2ccccc2CCC12CCN(CC1CC1c1ccccc1)CC2. The molecule has 1 spiro atoms. The van der Waals surface area contributed by atoms with E-state index in [-0.39, 0.29) is 5.41 Å². The van der Waals surface area contributed by atoms with Crippen LogP contribution in [0.1, 0.15) is 53.1 Å². The first-order valence-electron chi connectivity index (χ1n) is 10.2. The predicted molar refractivity (Wildman–Crippen MR) is 104 cm³/mol. The second kappa shape index (κ2) is 6.35. The molecule has 1 aliphatic heterocycles. The summed E-state index contributed by atoms with van der Waals surface area (Å²) in [5, 5.41) is 0. The Hall–Kier alpha value is -1.93. The largest absolute Gasteiger partial charge is 0.303 e. The van der Waals surface area contributed by atoms with E-state index < -0.39 is 0 Å². The Labute approximate surface area is 156 Å². The Morgan fingerprint density at radius 2 is 1.65 bits per heavy atom. The topological polar surface area (TPSA) is 20.3 Å². The number of aryl methyl sites for hydroxylation is 1. The Kier molecular flexibility index (Phi) is 3.97. The third kappa shape index (κ3) is 2.81. The summed E-state index contributed by atoms with van der Waals surface area (Å²) in [6.45, 7) is 3.39. The van der Waals surface area contributed by atoms with E-state index in [1.807, 2.05) is 12.1 Å². The van der Waals surface area contributed by atoms with Crippen LogP contribution in [0.15, 0.2) is 54.6 Å². The first-order chi connectivity index (χ1) is 12.8. The van der Waals surface area contributed by atoms with E-state index in [1.165, 1.54) is 24.1 Å². The number of fused-ring (bicyclic) bond motifs is 1. The monoisotopic (exact) mass is 345 g/mol. The van der Waals surface area contributed by atoms with Gasteiger partial charge in [-0.3, -0.25) is 4.79 Å². The van der Waals surface area contributed by atoms with Crippen LogP contribution in [-0.2, 0) is 6.42 Å². The van der Waals surface area contributed by atoms with Gasteiger partial charge >= 0.3 is 0 Å². The first kappa shape index (κ1) is 16.3. The molecule has 0 bridgehead atoms. The van der Waals surface area contributed by atoms with Crippen LogP contribution < -0.4 is 0 Å². The first-order valence-corrected chi connectivity index (χ1v) is 10.2. The van der Waals surface area contributed by atoms with Crippen molar-refractivity contribution in [2.75, 3.05) is 19.6 Å². The predicted octanol–water partition coefficient (Wildman–Crippen LogP) is 4.70. The van der Waals surface area contributed by atoms with Crippen LogP contribution in [0.2, 0.25) is 0 Å². The number of hydrogen-bond donors (Lipinski definition) is 0. The zero-order valence-corrected chi connectivity index (χ0v) is 15.4. The van der Waals surface area contributed by atoms with Crippen LogP contribution in [0.25, 0.3) is 0 Å². The molecule has 2 heteroatoms. The zero-order chi connectivity index (χ0) is 17.6. The fraction of sp³-hybridized carbons (Fsp3) is 0.458. The summed E-state index contributed by atoms with van der Waals surface area (Å²) < 4.78 is 0. The molecule has 2 unspecified atom stereocenters. The van der Waals surface area contributed by atoms with Crippen molar-refractivity contribution in [3.05, 3.63) is 71.3 Å². The van der Waals surface area contributed by atoms with Gasteiger partial charge in [-0.15, -0.1) is 0 Å². The molecule has 26 heavy (non-hydrogen) atoms. The average molecular weight is 345 g/mol. The van der Waals surface area contributed by atoms with Crippen molar-refractivity contribution in [1.29, 1.82) is 0 Å². The second-order valence-corrected chi connectivity index (χ2v) is 8.58. The number of carbonyl (C=O) groups is 1. The number of rotatable bonds is 3. The highest BCUT2D eigenvalue weighted by Gasteiger charge is 2.46. The molecule has 1 heterocycles. The van der Waals surface area contributed by atoms with Crippen LogP contribution in [0, 0.1) is 11.3 Å². The number of benzene rings is 2. The van der Waals surface area contributed by atoms with Gasteiger partial charge in [-0.1, -0.05) is 54.6 Å². The summed E-state index contributed by atoms with van der Waals surface area (Å²) >= 11 is 0. The highest BCUT2D eigenvalue weighted by Crippen LogP contribution is 2.49. The standard InChI is InChI=1S/C24H27NO/c26-23-21-9-5-4-8-19(21)10-11-24(23)12-14-25(15-13-24)17-20-16-22(20)18-6-2-1-3-7-18/h1-9,20,22H,10-17H2. The molecule has 0 N–H and O–H groups in total. The van der Waals surface area contributed by atoms with E-state index in [0.29, 0.717) is 5.78 Å². The maximum atomic E-state index is 13.2. The highest BCUT2D eigenvalue weighted by atomic mass is 16.1. The fourth-order valence-electron chi connectivity index (χ4n) is 5.26. The molecule has 2 nitrogen and oxygen atoms in total. The van der Waals surface area contributed by atoms with Crippen LogP contribution in [0.5, 0.6) is 0 Å². The van der Waals surface area contributed by atoms with Crippen LogP contribution in [0.3, 0.4) is 0 Å². The van der Waals surface area contributed by atoms with E-state index in [0.717, 1.165) is 56.2 Å². The lowest BCUT2D eigenvalue weighted by Crippen LogP contribution is -2.47. The third-order valence-corrected chi connectivity index (χ3v) is 7.07. The van der Waals surface area contributed by atoms with Gasteiger partial charge in [0.1, 0.15) is 0 Å². The molecule has 0 aromatic heterocycles. The van der Waals surface area contributed by atoms with Gasteiger partial charge in [0.15, 0.2) is 5.78 Å². The Balaban J connectivity index is 1.20. The number of carbonyl (C=O) groups excluding carboxylic acids is 1. The maximum absolute atomic E-state index is 13.2. The van der Waals surface area contributed by atoms with Gasteiger partial charge < -0.3 is 4.90 Å². The summed E-state index contributed by atoms with van der Waals surface area (Å²) in [6.07, 6.45) is 5.54. The molecular formula is C24H27NO. The molecule has 2 atom stereocenters. The van der Waals surface area contributed by atoms with E-state index in [9.17, 15) is 4.79 Å². The quantitative estimate of drug-likeness (QED) is 0.803. The van der Waals surface area contributed by atoms with E-state index >= 15 is 0 Å². The van der Waals surface area contributed by atoms with Gasteiger partial charge in [0.25, 0.3) is 0 Å².